The lowest BCUT2D eigenvalue weighted by Gasteiger charge is -2.28. The predicted octanol–water partition coefficient (Wildman–Crippen LogP) is 6.52. The first-order chi connectivity index (χ1) is 13.5. The van der Waals surface area contributed by atoms with Gasteiger partial charge in [0.15, 0.2) is 5.78 Å². The minimum Gasteiger partial charge on any atom is -0.508 e. The third-order valence-electron chi connectivity index (χ3n) is 5.13. The Morgan fingerprint density at radius 3 is 2.64 bits per heavy atom. The van der Waals surface area contributed by atoms with Crippen molar-refractivity contribution in [1.82, 2.24) is 0 Å². The third kappa shape index (κ3) is 3.33. The van der Waals surface area contributed by atoms with Crippen molar-refractivity contribution in [2.24, 2.45) is 0 Å². The Balaban J connectivity index is 1.82. The van der Waals surface area contributed by atoms with E-state index in [1.165, 1.54) is 0 Å². The zero-order valence-electron chi connectivity index (χ0n) is 15.8. The number of ether oxygens (including phenoxy) is 1. The SMILES string of the molecule is CC(C)=CCc1c(O)ccc2c1OC(c1ccc(Br)c3ccccc13)CC2=O. The van der Waals surface area contributed by atoms with Gasteiger partial charge < -0.3 is 9.84 Å². The van der Waals surface area contributed by atoms with Crippen LogP contribution in [-0.2, 0) is 6.42 Å². The van der Waals surface area contributed by atoms with Crippen molar-refractivity contribution in [2.75, 3.05) is 0 Å². The van der Waals surface area contributed by atoms with E-state index < -0.39 is 0 Å². The van der Waals surface area contributed by atoms with E-state index in [1.54, 1.807) is 12.1 Å². The van der Waals surface area contributed by atoms with E-state index in [9.17, 15) is 9.90 Å². The van der Waals surface area contributed by atoms with Crippen LogP contribution in [-0.4, -0.2) is 10.9 Å². The van der Waals surface area contributed by atoms with Crippen LogP contribution in [0.5, 0.6) is 11.5 Å². The van der Waals surface area contributed by atoms with Crippen LogP contribution >= 0.6 is 15.9 Å². The third-order valence-corrected chi connectivity index (χ3v) is 5.82. The average Bonchev–Trinajstić information content (AvgIpc) is 2.67. The summed E-state index contributed by atoms with van der Waals surface area (Å²) in [4.78, 5) is 12.9. The van der Waals surface area contributed by atoms with Gasteiger partial charge in [-0.25, -0.2) is 0 Å². The van der Waals surface area contributed by atoms with Crippen molar-refractivity contribution in [3.8, 4) is 11.5 Å². The predicted molar refractivity (Wildman–Crippen MR) is 115 cm³/mol. The topological polar surface area (TPSA) is 46.5 Å². The molecule has 1 aliphatic rings. The van der Waals surface area contributed by atoms with Gasteiger partial charge in [0.05, 0.1) is 12.0 Å². The van der Waals surface area contributed by atoms with Gasteiger partial charge in [-0.15, -0.1) is 0 Å². The number of carbonyl (C=O) groups is 1. The Labute approximate surface area is 172 Å². The highest BCUT2D eigenvalue weighted by atomic mass is 79.9. The minimum absolute atomic E-state index is 0.0386. The summed E-state index contributed by atoms with van der Waals surface area (Å²) < 4.78 is 7.37. The van der Waals surface area contributed by atoms with Gasteiger partial charge in [-0.3, -0.25) is 4.79 Å². The summed E-state index contributed by atoms with van der Waals surface area (Å²) in [6.45, 7) is 4.02. The molecule has 1 aliphatic heterocycles. The monoisotopic (exact) mass is 436 g/mol. The summed E-state index contributed by atoms with van der Waals surface area (Å²) in [6.07, 6.45) is 2.45. The van der Waals surface area contributed by atoms with Crippen LogP contribution in [0.15, 0.2) is 64.7 Å². The van der Waals surface area contributed by atoms with Crippen LogP contribution in [0.1, 0.15) is 47.9 Å². The molecule has 3 nitrogen and oxygen atoms in total. The highest BCUT2D eigenvalue weighted by Gasteiger charge is 2.31. The zero-order chi connectivity index (χ0) is 19.8. The highest BCUT2D eigenvalue weighted by Crippen LogP contribution is 2.43. The molecule has 142 valence electrons. The lowest BCUT2D eigenvalue weighted by Crippen LogP contribution is -2.21. The molecule has 0 radical (unpaired) electrons. The number of hydrogen-bond donors (Lipinski definition) is 1. The second kappa shape index (κ2) is 7.44. The number of phenolic OH excluding ortho intramolecular Hbond substituents is 1. The molecule has 1 N–H and O–H groups in total. The normalized spacial score (nSPS) is 15.8. The summed E-state index contributed by atoms with van der Waals surface area (Å²) in [6, 6.07) is 15.3. The maximum atomic E-state index is 12.9. The van der Waals surface area contributed by atoms with E-state index in [-0.39, 0.29) is 24.1 Å². The number of phenols is 1. The van der Waals surface area contributed by atoms with Gasteiger partial charge in [0.2, 0.25) is 0 Å². The number of Topliss-reactive ketones (excluding diaryl/α,β-unsaturated/α-hetero) is 1. The van der Waals surface area contributed by atoms with E-state index in [0.29, 0.717) is 23.3 Å². The van der Waals surface area contributed by atoms with Crippen LogP contribution in [0.25, 0.3) is 10.8 Å². The molecule has 4 heteroatoms. The second-order valence-electron chi connectivity index (χ2n) is 7.34. The molecule has 1 heterocycles. The number of hydrogen-bond acceptors (Lipinski definition) is 3. The van der Waals surface area contributed by atoms with Gasteiger partial charge in [-0.05, 0) is 49.2 Å². The quantitative estimate of drug-likeness (QED) is 0.475. The lowest BCUT2D eigenvalue weighted by atomic mass is 9.91. The van der Waals surface area contributed by atoms with E-state index in [0.717, 1.165) is 26.4 Å². The molecule has 1 atom stereocenters. The van der Waals surface area contributed by atoms with Crippen LogP contribution < -0.4 is 4.74 Å². The fraction of sp³-hybridized carbons (Fsp3) is 0.208. The zero-order valence-corrected chi connectivity index (χ0v) is 17.4. The number of fused-ring (bicyclic) bond motifs is 2. The molecule has 0 bridgehead atoms. The first kappa shape index (κ1) is 18.8. The molecule has 1 unspecified atom stereocenters. The molecular weight excluding hydrogens is 416 g/mol. The molecule has 3 aromatic rings. The Bertz CT molecular complexity index is 1110. The molecule has 3 aromatic carbocycles. The fourth-order valence-corrected chi connectivity index (χ4v) is 4.16. The van der Waals surface area contributed by atoms with Gasteiger partial charge in [-0.1, -0.05) is 57.9 Å². The van der Waals surface area contributed by atoms with Crippen molar-refractivity contribution >= 4 is 32.5 Å². The number of rotatable bonds is 3. The van der Waals surface area contributed by atoms with E-state index in [4.69, 9.17) is 4.74 Å². The molecule has 0 aromatic heterocycles. The molecule has 0 saturated carbocycles. The Morgan fingerprint density at radius 2 is 1.89 bits per heavy atom. The van der Waals surface area contributed by atoms with Crippen LogP contribution in [0.2, 0.25) is 0 Å². The Hall–Kier alpha value is -2.59. The van der Waals surface area contributed by atoms with E-state index >= 15 is 0 Å². The molecule has 0 aliphatic carbocycles. The van der Waals surface area contributed by atoms with Gasteiger partial charge in [0.1, 0.15) is 17.6 Å². The summed E-state index contributed by atoms with van der Waals surface area (Å²) in [5, 5.41) is 12.5. The number of aromatic hydroxyl groups is 1. The van der Waals surface area contributed by atoms with Gasteiger partial charge in [0.25, 0.3) is 0 Å². The lowest BCUT2D eigenvalue weighted by molar-refractivity contribution is 0.0849. The Morgan fingerprint density at radius 1 is 1.14 bits per heavy atom. The van der Waals surface area contributed by atoms with Gasteiger partial charge in [-0.2, -0.15) is 0 Å². The molecule has 0 fully saturated rings. The first-order valence-corrected chi connectivity index (χ1v) is 10.1. The first-order valence-electron chi connectivity index (χ1n) is 9.31. The maximum absolute atomic E-state index is 12.9. The summed E-state index contributed by atoms with van der Waals surface area (Å²) in [5.74, 6) is 0.702. The smallest absolute Gasteiger partial charge is 0.170 e. The summed E-state index contributed by atoms with van der Waals surface area (Å²) >= 11 is 3.60. The molecule has 28 heavy (non-hydrogen) atoms. The van der Waals surface area contributed by atoms with Gasteiger partial charge >= 0.3 is 0 Å². The van der Waals surface area contributed by atoms with Gasteiger partial charge in [0, 0.05) is 15.6 Å². The average molecular weight is 437 g/mol. The highest BCUT2D eigenvalue weighted by molar-refractivity contribution is 9.10. The standard InChI is InChI=1S/C24H21BrO3/c1-14(2)7-8-18-21(26)12-10-19-22(27)13-23(28-24(18)19)17-9-11-20(25)16-6-4-3-5-15(16)17/h3-7,9-12,23,26H,8,13H2,1-2H3. The summed E-state index contributed by atoms with van der Waals surface area (Å²) in [5.41, 5.74) is 3.34. The van der Waals surface area contributed by atoms with Crippen molar-refractivity contribution in [3.05, 3.63) is 81.3 Å². The van der Waals surface area contributed by atoms with Crippen molar-refractivity contribution in [1.29, 1.82) is 0 Å². The molecule has 4 rings (SSSR count). The van der Waals surface area contributed by atoms with Crippen molar-refractivity contribution in [2.45, 2.75) is 32.8 Å². The number of carbonyl (C=O) groups excluding carboxylic acids is 1. The Kier molecular flexibility index (Phi) is 4.98. The summed E-state index contributed by atoms with van der Waals surface area (Å²) in [7, 11) is 0. The molecular formula is C24H21BrO3. The number of benzene rings is 3. The number of ketones is 1. The largest absolute Gasteiger partial charge is 0.508 e. The molecule has 0 spiro atoms. The van der Waals surface area contributed by atoms with Crippen LogP contribution in [0, 0.1) is 0 Å². The maximum Gasteiger partial charge on any atom is 0.170 e. The van der Waals surface area contributed by atoms with Crippen molar-refractivity contribution in [3.63, 3.8) is 0 Å². The molecule has 0 saturated heterocycles. The van der Waals surface area contributed by atoms with Crippen LogP contribution in [0.3, 0.4) is 0 Å². The molecule has 0 amide bonds. The number of halogens is 1. The number of allylic oxidation sites excluding steroid dienone is 2. The van der Waals surface area contributed by atoms with E-state index in [1.807, 2.05) is 56.3 Å². The second-order valence-corrected chi connectivity index (χ2v) is 8.20. The van der Waals surface area contributed by atoms with Crippen molar-refractivity contribution < 1.29 is 14.6 Å². The fourth-order valence-electron chi connectivity index (χ4n) is 3.68. The van der Waals surface area contributed by atoms with Crippen LogP contribution in [0.4, 0.5) is 0 Å². The van der Waals surface area contributed by atoms with E-state index in [2.05, 4.69) is 15.9 Å². The minimum atomic E-state index is -0.384.